The summed E-state index contributed by atoms with van der Waals surface area (Å²) >= 11 is 3.36. The molecule has 0 aliphatic carbocycles. The summed E-state index contributed by atoms with van der Waals surface area (Å²) in [6.07, 6.45) is 2.96. The van der Waals surface area contributed by atoms with Gasteiger partial charge in [0, 0.05) is 10.2 Å². The van der Waals surface area contributed by atoms with Crippen LogP contribution in [0.4, 0.5) is 5.69 Å². The number of rotatable bonds is 2. The van der Waals surface area contributed by atoms with Crippen molar-refractivity contribution in [1.29, 1.82) is 0 Å². The first-order valence-corrected chi connectivity index (χ1v) is 5.52. The van der Waals surface area contributed by atoms with E-state index in [0.29, 0.717) is 5.69 Å². The van der Waals surface area contributed by atoms with Crippen molar-refractivity contribution in [2.24, 2.45) is 0 Å². The average molecular weight is 280 g/mol. The number of benzene rings is 1. The molecule has 4 nitrogen and oxygen atoms in total. The van der Waals surface area contributed by atoms with Crippen molar-refractivity contribution < 1.29 is 4.79 Å². The summed E-state index contributed by atoms with van der Waals surface area (Å²) in [7, 11) is 0. The second-order valence-corrected chi connectivity index (χ2v) is 4.29. The zero-order valence-corrected chi connectivity index (χ0v) is 10.2. The molecule has 0 atom stereocenters. The molecule has 0 radical (unpaired) electrons. The Morgan fingerprint density at radius 3 is 3.00 bits per heavy atom. The minimum Gasteiger partial charge on any atom is -0.341 e. The second-order valence-electron chi connectivity index (χ2n) is 3.38. The summed E-state index contributed by atoms with van der Waals surface area (Å²) in [4.78, 5) is 18.3. The molecule has 16 heavy (non-hydrogen) atoms. The summed E-state index contributed by atoms with van der Waals surface area (Å²) in [5.41, 5.74) is 2.24. The number of carbonyl (C=O) groups is 1. The van der Waals surface area contributed by atoms with Gasteiger partial charge >= 0.3 is 0 Å². The number of nitrogens with one attached hydrogen (secondary N) is 2. The predicted octanol–water partition coefficient (Wildman–Crippen LogP) is 2.73. The number of H-pyrrole nitrogens is 1. The van der Waals surface area contributed by atoms with Gasteiger partial charge in [0.05, 0.1) is 12.5 Å². The normalized spacial score (nSPS) is 10.1. The number of anilines is 1. The Bertz CT molecular complexity index is 508. The molecule has 5 heteroatoms. The predicted molar refractivity (Wildman–Crippen MR) is 65.4 cm³/mol. The van der Waals surface area contributed by atoms with Crippen molar-refractivity contribution in [3.05, 3.63) is 46.5 Å². The lowest BCUT2D eigenvalue weighted by atomic mass is 10.2. The van der Waals surface area contributed by atoms with E-state index in [1.54, 1.807) is 0 Å². The lowest BCUT2D eigenvalue weighted by Crippen LogP contribution is -2.13. The molecule has 0 unspecified atom stereocenters. The summed E-state index contributed by atoms with van der Waals surface area (Å²) in [6.45, 7) is 1.94. The van der Waals surface area contributed by atoms with Crippen LogP contribution in [0.3, 0.4) is 0 Å². The largest absolute Gasteiger partial charge is 0.341 e. The van der Waals surface area contributed by atoms with Gasteiger partial charge in [-0.2, -0.15) is 0 Å². The van der Waals surface area contributed by atoms with Gasteiger partial charge in [-0.3, -0.25) is 4.79 Å². The number of imidazole rings is 1. The fourth-order valence-corrected chi connectivity index (χ4v) is 1.66. The van der Waals surface area contributed by atoms with Gasteiger partial charge in [0.15, 0.2) is 0 Å². The Labute approximate surface area is 101 Å². The highest BCUT2D eigenvalue weighted by Crippen LogP contribution is 2.20. The lowest BCUT2D eigenvalue weighted by Gasteiger charge is -2.07. The Morgan fingerprint density at radius 1 is 1.50 bits per heavy atom. The van der Waals surface area contributed by atoms with Crippen molar-refractivity contribution in [2.75, 3.05) is 5.32 Å². The monoisotopic (exact) mass is 279 g/mol. The summed E-state index contributed by atoms with van der Waals surface area (Å²) in [5.74, 6) is -0.196. The van der Waals surface area contributed by atoms with Crippen LogP contribution in [0.1, 0.15) is 16.1 Å². The SMILES string of the molecule is Cc1ccc(Br)cc1NC(=O)c1cnc[nH]1. The van der Waals surface area contributed by atoms with Crippen LogP contribution in [0, 0.1) is 6.92 Å². The number of halogens is 1. The molecule has 0 saturated heterocycles. The molecule has 0 aliphatic rings. The van der Waals surface area contributed by atoms with Crippen LogP contribution in [0.5, 0.6) is 0 Å². The van der Waals surface area contributed by atoms with E-state index in [1.807, 2.05) is 25.1 Å². The van der Waals surface area contributed by atoms with E-state index in [4.69, 9.17) is 0 Å². The Kier molecular flexibility index (Phi) is 3.05. The highest BCUT2D eigenvalue weighted by Gasteiger charge is 2.08. The summed E-state index contributed by atoms with van der Waals surface area (Å²) in [5, 5.41) is 2.81. The maximum atomic E-state index is 11.7. The van der Waals surface area contributed by atoms with Gasteiger partial charge < -0.3 is 10.3 Å². The molecule has 0 bridgehead atoms. The van der Waals surface area contributed by atoms with E-state index in [9.17, 15) is 4.79 Å². The maximum absolute atomic E-state index is 11.7. The van der Waals surface area contributed by atoms with Crippen molar-refractivity contribution in [3.63, 3.8) is 0 Å². The van der Waals surface area contributed by atoms with Crippen LogP contribution in [0.25, 0.3) is 0 Å². The van der Waals surface area contributed by atoms with E-state index < -0.39 is 0 Å². The van der Waals surface area contributed by atoms with Gasteiger partial charge in [0.1, 0.15) is 5.69 Å². The first-order chi connectivity index (χ1) is 7.66. The topological polar surface area (TPSA) is 57.8 Å². The van der Waals surface area contributed by atoms with E-state index in [0.717, 1.165) is 15.7 Å². The molecule has 1 heterocycles. The first kappa shape index (κ1) is 10.9. The van der Waals surface area contributed by atoms with Crippen LogP contribution < -0.4 is 5.32 Å². The molecule has 1 aromatic carbocycles. The third-order valence-corrected chi connectivity index (χ3v) is 2.68. The maximum Gasteiger partial charge on any atom is 0.273 e. The minimum absolute atomic E-state index is 0.196. The molecule has 0 aliphatic heterocycles. The van der Waals surface area contributed by atoms with Crippen molar-refractivity contribution >= 4 is 27.5 Å². The molecule has 1 aromatic heterocycles. The number of carbonyl (C=O) groups excluding carboxylic acids is 1. The summed E-state index contributed by atoms with van der Waals surface area (Å²) in [6, 6.07) is 5.73. The van der Waals surface area contributed by atoms with Gasteiger partial charge in [-0.1, -0.05) is 22.0 Å². The zero-order chi connectivity index (χ0) is 11.5. The zero-order valence-electron chi connectivity index (χ0n) is 8.62. The number of aryl methyl sites for hydroxylation is 1. The van der Waals surface area contributed by atoms with Gasteiger partial charge in [-0.05, 0) is 24.6 Å². The molecule has 2 aromatic rings. The molecule has 82 valence electrons. The van der Waals surface area contributed by atoms with Crippen LogP contribution in [0.15, 0.2) is 35.2 Å². The third kappa shape index (κ3) is 2.30. The highest BCUT2D eigenvalue weighted by molar-refractivity contribution is 9.10. The van der Waals surface area contributed by atoms with E-state index in [2.05, 4.69) is 31.2 Å². The van der Waals surface area contributed by atoms with Gasteiger partial charge in [-0.25, -0.2) is 4.98 Å². The first-order valence-electron chi connectivity index (χ1n) is 4.72. The highest BCUT2D eigenvalue weighted by atomic mass is 79.9. The second kappa shape index (κ2) is 4.49. The molecule has 0 fully saturated rings. The number of hydrogen-bond donors (Lipinski definition) is 2. The van der Waals surface area contributed by atoms with Gasteiger partial charge in [0.2, 0.25) is 0 Å². The molecule has 2 N–H and O–H groups in total. The quantitative estimate of drug-likeness (QED) is 0.888. The lowest BCUT2D eigenvalue weighted by molar-refractivity contribution is 0.102. The van der Waals surface area contributed by atoms with Crippen molar-refractivity contribution in [1.82, 2.24) is 9.97 Å². The number of aromatic amines is 1. The fraction of sp³-hybridized carbons (Fsp3) is 0.0909. The standard InChI is InChI=1S/C11H10BrN3O/c1-7-2-3-8(12)4-9(7)15-11(16)10-5-13-6-14-10/h2-6H,1H3,(H,13,14)(H,15,16). The smallest absolute Gasteiger partial charge is 0.273 e. The van der Waals surface area contributed by atoms with Crippen LogP contribution in [-0.4, -0.2) is 15.9 Å². The fourth-order valence-electron chi connectivity index (χ4n) is 1.30. The number of nitrogens with zero attached hydrogens (tertiary/aromatic N) is 1. The van der Waals surface area contributed by atoms with Crippen LogP contribution >= 0.6 is 15.9 Å². The van der Waals surface area contributed by atoms with Crippen molar-refractivity contribution in [2.45, 2.75) is 6.92 Å². The van der Waals surface area contributed by atoms with E-state index in [1.165, 1.54) is 12.5 Å². The van der Waals surface area contributed by atoms with Gasteiger partial charge in [-0.15, -0.1) is 0 Å². The van der Waals surface area contributed by atoms with Crippen molar-refractivity contribution in [3.8, 4) is 0 Å². The number of hydrogen-bond acceptors (Lipinski definition) is 2. The molecule has 0 spiro atoms. The van der Waals surface area contributed by atoms with Gasteiger partial charge in [0.25, 0.3) is 5.91 Å². The molecular weight excluding hydrogens is 270 g/mol. The number of aromatic nitrogens is 2. The molecular formula is C11H10BrN3O. The van der Waals surface area contributed by atoms with Crippen LogP contribution in [0.2, 0.25) is 0 Å². The third-order valence-electron chi connectivity index (χ3n) is 2.19. The average Bonchev–Trinajstić information content (AvgIpc) is 2.76. The van der Waals surface area contributed by atoms with E-state index >= 15 is 0 Å². The van der Waals surface area contributed by atoms with E-state index in [-0.39, 0.29) is 5.91 Å². The Balaban J connectivity index is 2.21. The summed E-state index contributed by atoms with van der Waals surface area (Å²) < 4.78 is 0.929. The number of amides is 1. The molecule has 1 amide bonds. The Hall–Kier alpha value is -1.62. The minimum atomic E-state index is -0.196. The molecule has 0 saturated carbocycles. The Morgan fingerprint density at radius 2 is 2.31 bits per heavy atom. The van der Waals surface area contributed by atoms with Crippen LogP contribution in [-0.2, 0) is 0 Å². The molecule has 2 rings (SSSR count).